The molecule has 1 N–H and O–H groups in total. The van der Waals surface area contributed by atoms with Crippen LogP contribution in [0.1, 0.15) is 34.3 Å². The maximum Gasteiger partial charge on any atom is 0.125 e. The van der Waals surface area contributed by atoms with Crippen molar-refractivity contribution >= 4 is 0 Å². The third-order valence-corrected chi connectivity index (χ3v) is 3.12. The quantitative estimate of drug-likeness (QED) is 0.897. The predicted molar refractivity (Wildman–Crippen MR) is 73.6 cm³/mol. The zero-order chi connectivity index (χ0) is 13.1. The van der Waals surface area contributed by atoms with Gasteiger partial charge in [-0.15, -0.1) is 0 Å². The maximum absolute atomic E-state index is 4.51. The first kappa shape index (κ1) is 12.7. The smallest absolute Gasteiger partial charge is 0.125 e. The molecule has 0 fully saturated rings. The lowest BCUT2D eigenvalue weighted by Crippen LogP contribution is -2.20. The van der Waals surface area contributed by atoms with E-state index in [2.05, 4.69) is 47.3 Å². The number of nitrogens with zero attached hydrogens (tertiary/aromatic N) is 2. The molecule has 1 unspecified atom stereocenters. The van der Waals surface area contributed by atoms with Crippen molar-refractivity contribution in [3.8, 4) is 0 Å². The number of hydrogen-bond acceptors (Lipinski definition) is 3. The molecule has 2 rings (SSSR count). The Morgan fingerprint density at radius 3 is 2.50 bits per heavy atom. The van der Waals surface area contributed by atoms with Crippen LogP contribution >= 0.6 is 0 Å². The summed E-state index contributed by atoms with van der Waals surface area (Å²) in [5, 5.41) is 3.33. The number of nitrogens with one attached hydrogen (secondary N) is 1. The van der Waals surface area contributed by atoms with Crippen LogP contribution in [0.2, 0.25) is 0 Å². The molecule has 0 bridgehead atoms. The molecule has 1 aromatic heterocycles. The van der Waals surface area contributed by atoms with Gasteiger partial charge in [0.2, 0.25) is 0 Å². The number of aromatic nitrogens is 2. The van der Waals surface area contributed by atoms with E-state index in [4.69, 9.17) is 0 Å². The van der Waals surface area contributed by atoms with E-state index >= 15 is 0 Å². The molecule has 0 aliphatic rings. The van der Waals surface area contributed by atoms with E-state index in [9.17, 15) is 0 Å². The highest BCUT2D eigenvalue weighted by molar-refractivity contribution is 5.36. The van der Waals surface area contributed by atoms with Crippen molar-refractivity contribution in [2.75, 3.05) is 7.05 Å². The lowest BCUT2D eigenvalue weighted by molar-refractivity contribution is 0.660. The van der Waals surface area contributed by atoms with Crippen LogP contribution in [0, 0.1) is 20.8 Å². The summed E-state index contributed by atoms with van der Waals surface area (Å²) in [6.45, 7) is 6.17. The first-order chi connectivity index (χ1) is 8.61. The van der Waals surface area contributed by atoms with Gasteiger partial charge in [-0.3, -0.25) is 0 Å². The van der Waals surface area contributed by atoms with Gasteiger partial charge in [-0.25, -0.2) is 9.97 Å². The summed E-state index contributed by atoms with van der Waals surface area (Å²) in [5.41, 5.74) is 4.84. The van der Waals surface area contributed by atoms with E-state index in [-0.39, 0.29) is 6.04 Å². The Hall–Kier alpha value is -1.74. The minimum absolute atomic E-state index is 0.118. The molecule has 0 aliphatic carbocycles. The first-order valence-corrected chi connectivity index (χ1v) is 6.16. The van der Waals surface area contributed by atoms with Crippen molar-refractivity contribution in [3.05, 3.63) is 58.7 Å². The Morgan fingerprint density at radius 2 is 1.89 bits per heavy atom. The van der Waals surface area contributed by atoms with E-state index in [1.54, 1.807) is 0 Å². The summed E-state index contributed by atoms with van der Waals surface area (Å²) in [6, 6.07) is 8.60. The van der Waals surface area contributed by atoms with Crippen molar-refractivity contribution in [1.29, 1.82) is 0 Å². The van der Waals surface area contributed by atoms with Gasteiger partial charge in [0.1, 0.15) is 5.82 Å². The van der Waals surface area contributed by atoms with E-state index < -0.39 is 0 Å². The van der Waals surface area contributed by atoms with Gasteiger partial charge in [-0.1, -0.05) is 23.8 Å². The van der Waals surface area contributed by atoms with Gasteiger partial charge in [-0.05, 0) is 45.0 Å². The van der Waals surface area contributed by atoms with E-state index in [0.717, 1.165) is 11.5 Å². The third kappa shape index (κ3) is 2.57. The second-order valence-corrected chi connectivity index (χ2v) is 4.61. The van der Waals surface area contributed by atoms with E-state index in [1.165, 1.54) is 16.7 Å². The Labute approximate surface area is 108 Å². The normalized spacial score (nSPS) is 12.4. The lowest BCUT2D eigenvalue weighted by Gasteiger charge is -2.19. The van der Waals surface area contributed by atoms with Crippen LogP contribution in [-0.4, -0.2) is 17.0 Å². The molecule has 0 amide bonds. The molecule has 3 heteroatoms. The zero-order valence-electron chi connectivity index (χ0n) is 11.4. The number of rotatable bonds is 3. The average molecular weight is 241 g/mol. The summed E-state index contributed by atoms with van der Waals surface area (Å²) in [7, 11) is 1.96. The molecule has 0 radical (unpaired) electrons. The van der Waals surface area contributed by atoms with Crippen molar-refractivity contribution in [2.24, 2.45) is 0 Å². The van der Waals surface area contributed by atoms with Gasteiger partial charge < -0.3 is 5.32 Å². The van der Waals surface area contributed by atoms with Crippen molar-refractivity contribution < 1.29 is 0 Å². The van der Waals surface area contributed by atoms with Crippen LogP contribution < -0.4 is 5.32 Å². The Morgan fingerprint density at radius 1 is 1.11 bits per heavy atom. The van der Waals surface area contributed by atoms with Crippen LogP contribution in [0.4, 0.5) is 0 Å². The lowest BCUT2D eigenvalue weighted by atomic mass is 9.97. The third-order valence-electron chi connectivity index (χ3n) is 3.12. The fraction of sp³-hybridized carbons (Fsp3) is 0.333. The Balaban J connectivity index is 2.45. The number of aryl methyl sites for hydroxylation is 3. The molecule has 0 spiro atoms. The van der Waals surface area contributed by atoms with E-state index in [1.807, 2.05) is 26.2 Å². The molecule has 0 saturated carbocycles. The summed E-state index contributed by atoms with van der Waals surface area (Å²) in [6.07, 6.45) is 1.81. The monoisotopic (exact) mass is 241 g/mol. The van der Waals surface area contributed by atoms with Gasteiger partial charge in [-0.2, -0.15) is 0 Å². The predicted octanol–water partition coefficient (Wildman–Crippen LogP) is 2.71. The molecule has 1 atom stereocenters. The first-order valence-electron chi connectivity index (χ1n) is 6.16. The van der Waals surface area contributed by atoms with Crippen LogP contribution in [0.15, 0.2) is 30.5 Å². The SMILES string of the molecule is CNC(c1ccnc(C)n1)c1ccc(C)cc1C. The van der Waals surface area contributed by atoms with Crippen molar-refractivity contribution in [1.82, 2.24) is 15.3 Å². The summed E-state index contributed by atoms with van der Waals surface area (Å²) >= 11 is 0. The highest BCUT2D eigenvalue weighted by Gasteiger charge is 2.15. The van der Waals surface area contributed by atoms with Crippen LogP contribution in [0.5, 0.6) is 0 Å². The summed E-state index contributed by atoms with van der Waals surface area (Å²) in [5.74, 6) is 0.803. The van der Waals surface area contributed by atoms with Crippen LogP contribution in [0.3, 0.4) is 0 Å². The topological polar surface area (TPSA) is 37.8 Å². The summed E-state index contributed by atoms with van der Waals surface area (Å²) < 4.78 is 0. The van der Waals surface area contributed by atoms with Gasteiger partial charge in [0.05, 0.1) is 11.7 Å². The minimum atomic E-state index is 0.118. The molecule has 2 aromatic rings. The molecule has 1 heterocycles. The standard InChI is InChI=1S/C15H19N3/c1-10-5-6-13(11(2)9-10)15(16-4)14-7-8-17-12(3)18-14/h5-9,15-16H,1-4H3. The highest BCUT2D eigenvalue weighted by Crippen LogP contribution is 2.23. The van der Waals surface area contributed by atoms with E-state index in [0.29, 0.717) is 0 Å². The molecule has 1 aromatic carbocycles. The Kier molecular flexibility index (Phi) is 3.72. The van der Waals surface area contributed by atoms with Gasteiger partial charge in [0.25, 0.3) is 0 Å². The second kappa shape index (κ2) is 5.27. The zero-order valence-corrected chi connectivity index (χ0v) is 11.4. The van der Waals surface area contributed by atoms with Gasteiger partial charge in [0.15, 0.2) is 0 Å². The van der Waals surface area contributed by atoms with Crippen molar-refractivity contribution in [2.45, 2.75) is 26.8 Å². The minimum Gasteiger partial charge on any atom is -0.308 e. The van der Waals surface area contributed by atoms with Gasteiger partial charge in [0, 0.05) is 6.20 Å². The molecular formula is C15H19N3. The molecule has 0 aliphatic heterocycles. The average Bonchev–Trinajstić information content (AvgIpc) is 2.33. The van der Waals surface area contributed by atoms with Crippen LogP contribution in [-0.2, 0) is 0 Å². The fourth-order valence-corrected chi connectivity index (χ4v) is 2.25. The second-order valence-electron chi connectivity index (χ2n) is 4.61. The maximum atomic E-state index is 4.51. The van der Waals surface area contributed by atoms with Crippen LogP contribution in [0.25, 0.3) is 0 Å². The molecule has 18 heavy (non-hydrogen) atoms. The van der Waals surface area contributed by atoms with Crippen molar-refractivity contribution in [3.63, 3.8) is 0 Å². The highest BCUT2D eigenvalue weighted by atomic mass is 14.9. The molecule has 94 valence electrons. The molecule has 3 nitrogen and oxygen atoms in total. The number of hydrogen-bond donors (Lipinski definition) is 1. The largest absolute Gasteiger partial charge is 0.308 e. The number of benzene rings is 1. The molecule has 0 saturated heterocycles. The Bertz CT molecular complexity index is 549. The summed E-state index contributed by atoms with van der Waals surface area (Å²) in [4.78, 5) is 8.66. The molecular weight excluding hydrogens is 222 g/mol. The van der Waals surface area contributed by atoms with Gasteiger partial charge >= 0.3 is 0 Å². The fourth-order valence-electron chi connectivity index (χ4n) is 2.25.